The number of nitrogens with two attached hydrogens (primary N) is 1. The molecule has 1 aromatic heterocycles. The monoisotopic (exact) mass is 289 g/mol. The van der Waals surface area contributed by atoms with E-state index < -0.39 is 0 Å². The van der Waals surface area contributed by atoms with Crippen LogP contribution >= 0.6 is 0 Å². The summed E-state index contributed by atoms with van der Waals surface area (Å²) in [6.45, 7) is 1.83. The van der Waals surface area contributed by atoms with Gasteiger partial charge in [-0.1, -0.05) is 18.0 Å². The van der Waals surface area contributed by atoms with Crippen molar-refractivity contribution in [3.63, 3.8) is 0 Å². The molecule has 5 heteroatoms. The van der Waals surface area contributed by atoms with Crippen LogP contribution < -0.4 is 5.73 Å². The van der Waals surface area contributed by atoms with E-state index in [2.05, 4.69) is 10.1 Å². The van der Waals surface area contributed by atoms with Crippen LogP contribution in [0.5, 0.6) is 0 Å². The summed E-state index contributed by atoms with van der Waals surface area (Å²) < 4.78 is 18.4. The van der Waals surface area contributed by atoms with E-state index in [9.17, 15) is 4.39 Å². The lowest BCUT2D eigenvalue weighted by Gasteiger charge is -2.16. The number of nitrogens with zero attached hydrogens (tertiary/aromatic N) is 2. The molecule has 1 saturated carbocycles. The molecule has 0 bridgehead atoms. The Kier molecular flexibility index (Phi) is 4.01. The molecule has 1 heterocycles. The van der Waals surface area contributed by atoms with Gasteiger partial charge in [0.2, 0.25) is 11.7 Å². The molecule has 1 fully saturated rings. The highest BCUT2D eigenvalue weighted by Crippen LogP contribution is 2.28. The molecule has 21 heavy (non-hydrogen) atoms. The third kappa shape index (κ3) is 3.13. The number of rotatable bonds is 4. The molecule has 0 amide bonds. The number of hydrogen-bond donors (Lipinski definition) is 1. The quantitative estimate of drug-likeness (QED) is 0.938. The van der Waals surface area contributed by atoms with E-state index in [-0.39, 0.29) is 11.9 Å². The van der Waals surface area contributed by atoms with Crippen molar-refractivity contribution in [2.24, 2.45) is 11.7 Å². The van der Waals surface area contributed by atoms with E-state index in [1.165, 1.54) is 37.8 Å². The van der Waals surface area contributed by atoms with Gasteiger partial charge in [-0.2, -0.15) is 4.98 Å². The number of halogens is 1. The average molecular weight is 289 g/mol. The second-order valence-corrected chi connectivity index (χ2v) is 5.88. The number of benzene rings is 1. The Balaban J connectivity index is 1.73. The fourth-order valence-corrected chi connectivity index (χ4v) is 3.08. The van der Waals surface area contributed by atoms with Crippen molar-refractivity contribution < 1.29 is 8.91 Å². The molecule has 4 nitrogen and oxygen atoms in total. The van der Waals surface area contributed by atoms with Crippen molar-refractivity contribution >= 4 is 0 Å². The van der Waals surface area contributed by atoms with Crippen LogP contribution in [0.4, 0.5) is 4.39 Å². The van der Waals surface area contributed by atoms with Crippen LogP contribution in [-0.2, 0) is 6.42 Å². The Bertz CT molecular complexity index is 620. The minimum Gasteiger partial charge on any atom is -0.339 e. The van der Waals surface area contributed by atoms with Crippen molar-refractivity contribution in [3.8, 4) is 11.4 Å². The van der Waals surface area contributed by atoms with Crippen molar-refractivity contribution in [2.45, 2.75) is 45.1 Å². The summed E-state index contributed by atoms with van der Waals surface area (Å²) in [6.07, 6.45) is 5.53. The predicted octanol–water partition coefficient (Wildman–Crippen LogP) is 3.24. The topological polar surface area (TPSA) is 64.9 Å². The van der Waals surface area contributed by atoms with Gasteiger partial charge in [0.05, 0.1) is 0 Å². The molecule has 2 aromatic rings. The van der Waals surface area contributed by atoms with Crippen LogP contribution in [0, 0.1) is 18.7 Å². The zero-order chi connectivity index (χ0) is 14.8. The van der Waals surface area contributed by atoms with E-state index in [4.69, 9.17) is 10.3 Å². The molecular formula is C16H20FN3O. The Morgan fingerprint density at radius 1 is 1.38 bits per heavy atom. The van der Waals surface area contributed by atoms with Gasteiger partial charge >= 0.3 is 0 Å². The molecule has 2 N–H and O–H groups in total. The number of aromatic nitrogens is 2. The summed E-state index contributed by atoms with van der Waals surface area (Å²) in [5.41, 5.74) is 7.82. The summed E-state index contributed by atoms with van der Waals surface area (Å²) in [5, 5.41) is 3.99. The molecule has 3 rings (SSSR count). The van der Waals surface area contributed by atoms with Crippen molar-refractivity contribution in [3.05, 3.63) is 35.5 Å². The van der Waals surface area contributed by atoms with Crippen molar-refractivity contribution in [1.29, 1.82) is 0 Å². The largest absolute Gasteiger partial charge is 0.339 e. The molecule has 0 aliphatic heterocycles. The molecule has 0 spiro atoms. The van der Waals surface area contributed by atoms with Gasteiger partial charge in [-0.25, -0.2) is 4.39 Å². The van der Waals surface area contributed by atoms with Crippen LogP contribution in [-0.4, -0.2) is 16.2 Å². The Hall–Kier alpha value is -1.75. The molecule has 1 unspecified atom stereocenters. The fourth-order valence-electron chi connectivity index (χ4n) is 3.08. The van der Waals surface area contributed by atoms with Crippen LogP contribution in [0.2, 0.25) is 0 Å². The lowest BCUT2D eigenvalue weighted by atomic mass is 9.96. The van der Waals surface area contributed by atoms with E-state index in [1.54, 1.807) is 6.07 Å². The third-order valence-electron chi connectivity index (χ3n) is 4.31. The first-order valence-electron chi connectivity index (χ1n) is 7.48. The van der Waals surface area contributed by atoms with E-state index >= 15 is 0 Å². The lowest BCUT2D eigenvalue weighted by molar-refractivity contribution is 0.341. The van der Waals surface area contributed by atoms with E-state index in [1.807, 2.05) is 6.92 Å². The van der Waals surface area contributed by atoms with Crippen molar-refractivity contribution in [1.82, 2.24) is 10.1 Å². The summed E-state index contributed by atoms with van der Waals surface area (Å²) >= 11 is 0. The molecule has 0 radical (unpaired) electrons. The molecule has 0 saturated heterocycles. The van der Waals surface area contributed by atoms with Gasteiger partial charge in [-0.05, 0) is 49.4 Å². The molecule has 1 atom stereocenters. The Morgan fingerprint density at radius 2 is 2.14 bits per heavy atom. The second kappa shape index (κ2) is 5.93. The van der Waals surface area contributed by atoms with Gasteiger partial charge < -0.3 is 10.3 Å². The lowest BCUT2D eigenvalue weighted by Crippen LogP contribution is -2.30. The first kappa shape index (κ1) is 14.2. The summed E-state index contributed by atoms with van der Waals surface area (Å²) in [7, 11) is 0. The summed E-state index contributed by atoms with van der Waals surface area (Å²) in [4.78, 5) is 4.40. The zero-order valence-electron chi connectivity index (χ0n) is 12.2. The van der Waals surface area contributed by atoms with Gasteiger partial charge in [0.25, 0.3) is 0 Å². The maximum Gasteiger partial charge on any atom is 0.228 e. The first-order chi connectivity index (χ1) is 10.1. The minimum atomic E-state index is -0.261. The maximum atomic E-state index is 13.1. The van der Waals surface area contributed by atoms with Gasteiger partial charge in [0, 0.05) is 18.0 Å². The standard InChI is InChI=1S/C16H20FN3O/c1-10-8-12(17)6-7-13(10)16-19-15(21-20-16)9-14(18)11-4-2-3-5-11/h6-8,11,14H,2-5,9,18H2,1H3. The smallest absolute Gasteiger partial charge is 0.228 e. The average Bonchev–Trinajstić information content (AvgIpc) is 3.09. The third-order valence-corrected chi connectivity index (χ3v) is 4.31. The maximum absolute atomic E-state index is 13.1. The van der Waals surface area contributed by atoms with Gasteiger partial charge in [-0.3, -0.25) is 0 Å². The van der Waals surface area contributed by atoms with Crippen LogP contribution in [0.3, 0.4) is 0 Å². The van der Waals surface area contributed by atoms with Crippen LogP contribution in [0.25, 0.3) is 11.4 Å². The summed E-state index contributed by atoms with van der Waals surface area (Å²) in [5.74, 6) is 1.37. The van der Waals surface area contributed by atoms with Crippen LogP contribution in [0.15, 0.2) is 22.7 Å². The van der Waals surface area contributed by atoms with Crippen molar-refractivity contribution in [2.75, 3.05) is 0 Å². The normalized spacial score (nSPS) is 17.3. The second-order valence-electron chi connectivity index (χ2n) is 5.88. The first-order valence-corrected chi connectivity index (χ1v) is 7.48. The van der Waals surface area contributed by atoms with Gasteiger partial charge in [-0.15, -0.1) is 0 Å². The van der Waals surface area contributed by atoms with E-state index in [0.717, 1.165) is 11.1 Å². The highest BCUT2D eigenvalue weighted by molar-refractivity contribution is 5.59. The molecule has 1 aliphatic rings. The SMILES string of the molecule is Cc1cc(F)ccc1-c1noc(CC(N)C2CCCC2)n1. The Labute approximate surface area is 123 Å². The minimum absolute atomic E-state index is 0.0788. The Morgan fingerprint density at radius 3 is 2.86 bits per heavy atom. The van der Waals surface area contributed by atoms with Crippen LogP contribution in [0.1, 0.15) is 37.1 Å². The van der Waals surface area contributed by atoms with Gasteiger partial charge in [0.15, 0.2) is 0 Å². The number of hydrogen-bond acceptors (Lipinski definition) is 4. The molecule has 1 aliphatic carbocycles. The van der Waals surface area contributed by atoms with E-state index in [0.29, 0.717) is 24.1 Å². The summed E-state index contributed by atoms with van der Waals surface area (Å²) in [6, 6.07) is 4.63. The van der Waals surface area contributed by atoms with Gasteiger partial charge in [0.1, 0.15) is 5.82 Å². The number of aryl methyl sites for hydroxylation is 1. The molecule has 1 aromatic carbocycles. The fraction of sp³-hybridized carbons (Fsp3) is 0.500. The predicted molar refractivity (Wildman–Crippen MR) is 78.1 cm³/mol. The molecule has 112 valence electrons. The highest BCUT2D eigenvalue weighted by Gasteiger charge is 2.24. The zero-order valence-corrected chi connectivity index (χ0v) is 12.2. The highest BCUT2D eigenvalue weighted by atomic mass is 19.1. The molecular weight excluding hydrogens is 269 g/mol.